The number of aryl methyl sites for hydroxylation is 2. The summed E-state index contributed by atoms with van der Waals surface area (Å²) in [6, 6.07) is 9.36. The molecule has 36 heavy (non-hydrogen) atoms. The summed E-state index contributed by atoms with van der Waals surface area (Å²) < 4.78 is 7.34. The third-order valence-electron chi connectivity index (χ3n) is 7.42. The maximum absolute atomic E-state index is 13.4. The molecule has 1 aromatic heterocycles. The molecule has 4 rings (SSSR count). The van der Waals surface area contributed by atoms with E-state index in [1.807, 2.05) is 44.3 Å². The molecule has 0 radical (unpaired) electrons. The van der Waals surface area contributed by atoms with Gasteiger partial charge in [0.2, 0.25) is 11.8 Å². The van der Waals surface area contributed by atoms with Gasteiger partial charge in [-0.1, -0.05) is 36.2 Å². The average Bonchev–Trinajstić information content (AvgIpc) is 3.26. The van der Waals surface area contributed by atoms with Crippen LogP contribution in [-0.4, -0.2) is 71.3 Å². The van der Waals surface area contributed by atoms with Gasteiger partial charge in [0.1, 0.15) is 6.04 Å². The second-order valence-corrected chi connectivity index (χ2v) is 10.0. The van der Waals surface area contributed by atoms with Gasteiger partial charge in [-0.15, -0.1) is 0 Å². The number of carbonyl (C=O) groups excluding carboxylic acids is 3. The molecule has 9 nitrogen and oxygen atoms in total. The van der Waals surface area contributed by atoms with Crippen LogP contribution in [0.1, 0.15) is 55.1 Å². The van der Waals surface area contributed by atoms with E-state index in [9.17, 15) is 14.4 Å². The first-order chi connectivity index (χ1) is 17.3. The van der Waals surface area contributed by atoms with Crippen LogP contribution in [-0.2, 0) is 21.4 Å². The zero-order chi connectivity index (χ0) is 25.7. The van der Waals surface area contributed by atoms with Crippen LogP contribution in [0.2, 0.25) is 0 Å². The number of hydrogen-bond donors (Lipinski definition) is 2. The Morgan fingerprint density at radius 1 is 1.08 bits per heavy atom. The molecular weight excluding hydrogens is 458 g/mol. The van der Waals surface area contributed by atoms with Crippen LogP contribution in [0.25, 0.3) is 11.3 Å². The minimum atomic E-state index is -0.622. The molecule has 0 saturated carbocycles. The van der Waals surface area contributed by atoms with Crippen molar-refractivity contribution in [2.24, 2.45) is 12.5 Å². The topological polar surface area (TPSA) is 106 Å². The van der Waals surface area contributed by atoms with E-state index in [4.69, 9.17) is 4.74 Å². The van der Waals surface area contributed by atoms with Gasteiger partial charge >= 0.3 is 0 Å². The maximum atomic E-state index is 13.4. The van der Waals surface area contributed by atoms with Gasteiger partial charge in [-0.25, -0.2) is 0 Å². The number of carbonyl (C=O) groups is 3. The van der Waals surface area contributed by atoms with Crippen LogP contribution >= 0.6 is 0 Å². The van der Waals surface area contributed by atoms with Crippen molar-refractivity contribution >= 4 is 17.7 Å². The summed E-state index contributed by atoms with van der Waals surface area (Å²) >= 11 is 0. The molecule has 2 N–H and O–H groups in total. The minimum Gasteiger partial charge on any atom is -0.380 e. The maximum Gasteiger partial charge on any atom is 0.274 e. The third-order valence-corrected chi connectivity index (χ3v) is 7.42. The molecule has 3 amide bonds. The van der Waals surface area contributed by atoms with Gasteiger partial charge in [0.15, 0.2) is 5.69 Å². The molecule has 2 aromatic rings. The lowest BCUT2D eigenvalue weighted by molar-refractivity contribution is -0.137. The lowest BCUT2D eigenvalue weighted by Gasteiger charge is -2.41. The quantitative estimate of drug-likeness (QED) is 0.666. The first-order valence-corrected chi connectivity index (χ1v) is 12.9. The monoisotopic (exact) mass is 495 g/mol. The Labute approximate surface area is 212 Å². The summed E-state index contributed by atoms with van der Waals surface area (Å²) in [7, 11) is 1.84. The van der Waals surface area contributed by atoms with Gasteiger partial charge in [-0.2, -0.15) is 5.10 Å². The summed E-state index contributed by atoms with van der Waals surface area (Å²) in [5.41, 5.74) is 2.88. The highest BCUT2D eigenvalue weighted by molar-refractivity contribution is 5.94. The Morgan fingerprint density at radius 3 is 2.53 bits per heavy atom. The van der Waals surface area contributed by atoms with Crippen LogP contribution in [0, 0.1) is 12.3 Å². The Morgan fingerprint density at radius 2 is 1.81 bits per heavy atom. The fourth-order valence-electron chi connectivity index (χ4n) is 5.04. The smallest absolute Gasteiger partial charge is 0.274 e. The molecule has 1 aromatic carbocycles. The Balaban J connectivity index is 1.45. The standard InChI is InChI=1S/C27H37N5O4/c1-19-6-8-21(9-7-19)23-18-22(30-31(23)3)25(34)32-14-11-27(12-15-32)10-4-5-16-36-17-13-28-24(33)20(2)29-26(27)35/h6-9,18,20H,4-5,10-17H2,1-3H3,(H,28,33)(H,29,35)/t20-/m0/s1. The number of nitrogens with one attached hydrogen (secondary N) is 2. The summed E-state index contributed by atoms with van der Waals surface area (Å²) in [5.74, 6) is -0.435. The molecule has 0 aliphatic carbocycles. The molecule has 0 bridgehead atoms. The fourth-order valence-corrected chi connectivity index (χ4v) is 5.04. The Bertz CT molecular complexity index is 1090. The lowest BCUT2D eigenvalue weighted by atomic mass is 9.73. The van der Waals surface area contributed by atoms with Gasteiger partial charge in [0.05, 0.1) is 17.7 Å². The number of ether oxygens (including phenoxy) is 1. The molecule has 2 aliphatic rings. The third kappa shape index (κ3) is 5.78. The van der Waals surface area contributed by atoms with Crippen molar-refractivity contribution in [2.75, 3.05) is 32.8 Å². The van der Waals surface area contributed by atoms with Crippen molar-refractivity contribution in [2.45, 2.75) is 52.0 Å². The second-order valence-electron chi connectivity index (χ2n) is 10.0. The first kappa shape index (κ1) is 25.9. The van der Waals surface area contributed by atoms with Crippen molar-refractivity contribution in [3.63, 3.8) is 0 Å². The van der Waals surface area contributed by atoms with Crippen LogP contribution in [0.3, 0.4) is 0 Å². The SMILES string of the molecule is Cc1ccc(-c2cc(C(=O)N3CCC4(CCCCOCCNC(=O)[C@H](C)NC4=O)CC3)nn2C)cc1. The normalized spacial score (nSPS) is 21.6. The number of rotatable bonds is 2. The number of aromatic nitrogens is 2. The second kappa shape index (κ2) is 11.2. The van der Waals surface area contributed by atoms with E-state index in [0.29, 0.717) is 57.8 Å². The molecule has 2 fully saturated rings. The van der Waals surface area contributed by atoms with E-state index in [1.54, 1.807) is 16.5 Å². The highest BCUT2D eigenvalue weighted by atomic mass is 16.5. The summed E-state index contributed by atoms with van der Waals surface area (Å²) in [4.78, 5) is 40.8. The zero-order valence-electron chi connectivity index (χ0n) is 21.5. The predicted octanol–water partition coefficient (Wildman–Crippen LogP) is 2.44. The number of likely N-dealkylation sites (tertiary alicyclic amines) is 1. The predicted molar refractivity (Wildman–Crippen MR) is 136 cm³/mol. The summed E-state index contributed by atoms with van der Waals surface area (Å²) in [5, 5.41) is 10.2. The molecule has 2 saturated heterocycles. The molecule has 1 atom stereocenters. The van der Waals surface area contributed by atoms with Gasteiger partial charge < -0.3 is 20.3 Å². The molecule has 194 valence electrons. The van der Waals surface area contributed by atoms with E-state index in [0.717, 1.165) is 24.1 Å². The fraction of sp³-hybridized carbons (Fsp3) is 0.556. The van der Waals surface area contributed by atoms with Crippen molar-refractivity contribution in [3.05, 3.63) is 41.6 Å². The van der Waals surface area contributed by atoms with Crippen LogP contribution < -0.4 is 10.6 Å². The highest BCUT2D eigenvalue weighted by Crippen LogP contribution is 2.38. The minimum absolute atomic E-state index is 0.100. The molecule has 0 unspecified atom stereocenters. The Kier molecular flexibility index (Phi) is 8.08. The summed E-state index contributed by atoms with van der Waals surface area (Å²) in [6.45, 7) is 6.19. The highest BCUT2D eigenvalue weighted by Gasteiger charge is 2.43. The van der Waals surface area contributed by atoms with Gasteiger partial charge in [0.25, 0.3) is 5.91 Å². The van der Waals surface area contributed by atoms with E-state index in [-0.39, 0.29) is 17.7 Å². The number of hydrogen-bond acceptors (Lipinski definition) is 5. The van der Waals surface area contributed by atoms with Gasteiger partial charge in [-0.05, 0) is 51.2 Å². The molecule has 9 heteroatoms. The van der Waals surface area contributed by atoms with Crippen molar-refractivity contribution in [3.8, 4) is 11.3 Å². The molecule has 1 spiro atoms. The number of nitrogens with zero attached hydrogens (tertiary/aromatic N) is 3. The van der Waals surface area contributed by atoms with E-state index >= 15 is 0 Å². The number of benzene rings is 1. The largest absolute Gasteiger partial charge is 0.380 e. The average molecular weight is 496 g/mol. The van der Waals surface area contributed by atoms with Crippen LogP contribution in [0.15, 0.2) is 30.3 Å². The van der Waals surface area contributed by atoms with Crippen molar-refractivity contribution in [1.29, 1.82) is 0 Å². The van der Waals surface area contributed by atoms with E-state index in [2.05, 4.69) is 15.7 Å². The van der Waals surface area contributed by atoms with Crippen LogP contribution in [0.5, 0.6) is 0 Å². The zero-order valence-corrected chi connectivity index (χ0v) is 21.5. The van der Waals surface area contributed by atoms with E-state index in [1.165, 1.54) is 5.56 Å². The summed E-state index contributed by atoms with van der Waals surface area (Å²) in [6.07, 6.45) is 3.53. The number of amides is 3. The van der Waals surface area contributed by atoms with Crippen molar-refractivity contribution < 1.29 is 19.1 Å². The van der Waals surface area contributed by atoms with E-state index < -0.39 is 11.5 Å². The molecule has 3 heterocycles. The first-order valence-electron chi connectivity index (χ1n) is 12.9. The molecule has 2 aliphatic heterocycles. The van der Waals surface area contributed by atoms with Gasteiger partial charge in [0, 0.05) is 33.3 Å². The molecular formula is C27H37N5O4. The Hall–Kier alpha value is -3.20. The van der Waals surface area contributed by atoms with Crippen molar-refractivity contribution in [1.82, 2.24) is 25.3 Å². The lowest BCUT2D eigenvalue weighted by Crippen LogP contribution is -2.54. The number of piperidine rings is 1. The van der Waals surface area contributed by atoms with Crippen LogP contribution in [0.4, 0.5) is 0 Å². The van der Waals surface area contributed by atoms with Gasteiger partial charge in [-0.3, -0.25) is 19.1 Å².